The van der Waals surface area contributed by atoms with Crippen LogP contribution in [-0.2, 0) is 10.2 Å². The van der Waals surface area contributed by atoms with Crippen LogP contribution in [0, 0.1) is 11.3 Å². The third kappa shape index (κ3) is 3.81. The highest BCUT2D eigenvalue weighted by Crippen LogP contribution is 2.24. The van der Waals surface area contributed by atoms with Crippen molar-refractivity contribution in [1.29, 1.82) is 5.26 Å². The van der Waals surface area contributed by atoms with Gasteiger partial charge in [-0.3, -0.25) is 4.90 Å². The van der Waals surface area contributed by atoms with Crippen LogP contribution in [0.25, 0.3) is 0 Å². The maximum Gasteiger partial charge on any atom is 0.279 e. The molecule has 0 spiro atoms. The molecule has 1 aromatic carbocycles. The number of hydrogen-bond donors (Lipinski definition) is 1. The Hall–Kier alpha value is -0.980. The van der Waals surface area contributed by atoms with Crippen LogP contribution in [0.3, 0.4) is 0 Å². The molecule has 0 bridgehead atoms. The van der Waals surface area contributed by atoms with Crippen LogP contribution < -0.4 is 4.72 Å². The Morgan fingerprint density at radius 2 is 2.00 bits per heavy atom. The van der Waals surface area contributed by atoms with Crippen LogP contribution in [0.5, 0.6) is 0 Å². The highest BCUT2D eigenvalue weighted by Gasteiger charge is 2.29. The fraction of sp³-hybridized carbons (Fsp3) is 0.462. The first-order valence-corrected chi connectivity index (χ1v) is 8.79. The number of halogens is 1. The average Bonchev–Trinajstić information content (AvgIpc) is 2.49. The lowest BCUT2D eigenvalue weighted by Crippen LogP contribution is -2.51. The number of nitrogens with one attached hydrogen (secondary N) is 1. The van der Waals surface area contributed by atoms with Gasteiger partial charge in [0.25, 0.3) is 10.2 Å². The normalized spacial score (nSPS) is 19.1. The summed E-state index contributed by atoms with van der Waals surface area (Å²) in [5, 5.41) is 9.44. The summed E-state index contributed by atoms with van der Waals surface area (Å²) in [4.78, 5) is 2.00. The van der Waals surface area contributed by atoms with E-state index in [1.165, 1.54) is 11.4 Å². The van der Waals surface area contributed by atoms with Crippen molar-refractivity contribution in [3.05, 3.63) is 34.3 Å². The fourth-order valence-corrected chi connectivity index (χ4v) is 3.69. The van der Waals surface area contributed by atoms with Crippen molar-refractivity contribution < 1.29 is 8.42 Å². The van der Waals surface area contributed by atoms with Crippen molar-refractivity contribution in [2.75, 3.05) is 33.2 Å². The summed E-state index contributed by atoms with van der Waals surface area (Å²) in [5.74, 6) is 0. The molecule has 6 nitrogen and oxygen atoms in total. The molecular formula is C13H17BrN4O2S. The van der Waals surface area contributed by atoms with Crippen LogP contribution in [-0.4, -0.2) is 50.8 Å². The number of hydrogen-bond acceptors (Lipinski definition) is 4. The summed E-state index contributed by atoms with van der Waals surface area (Å²) in [5.41, 5.74) is 0.914. The van der Waals surface area contributed by atoms with E-state index >= 15 is 0 Å². The van der Waals surface area contributed by atoms with Gasteiger partial charge in [0.1, 0.15) is 6.04 Å². The molecule has 21 heavy (non-hydrogen) atoms. The summed E-state index contributed by atoms with van der Waals surface area (Å²) in [6.07, 6.45) is 0. The van der Waals surface area contributed by atoms with E-state index < -0.39 is 10.2 Å². The van der Waals surface area contributed by atoms with Gasteiger partial charge in [-0.05, 0) is 17.7 Å². The lowest BCUT2D eigenvalue weighted by molar-refractivity contribution is 0.162. The molecule has 1 heterocycles. The van der Waals surface area contributed by atoms with Crippen molar-refractivity contribution in [2.24, 2.45) is 0 Å². The molecule has 1 fully saturated rings. The van der Waals surface area contributed by atoms with Crippen molar-refractivity contribution in [2.45, 2.75) is 6.04 Å². The Labute approximate surface area is 133 Å². The minimum atomic E-state index is -3.38. The minimum absolute atomic E-state index is 0.359. The zero-order valence-corrected chi connectivity index (χ0v) is 14.1. The van der Waals surface area contributed by atoms with Crippen molar-refractivity contribution in [1.82, 2.24) is 13.9 Å². The topological polar surface area (TPSA) is 76.4 Å². The van der Waals surface area contributed by atoms with E-state index in [1.807, 2.05) is 29.2 Å². The standard InChI is InChI=1S/C13H17BrN4O2S/c1-16-21(19,20)18-7-5-17(6-8-18)13(10-15)11-3-2-4-12(14)9-11/h2-4,9,13,16H,5-8H2,1H3. The van der Waals surface area contributed by atoms with E-state index in [1.54, 1.807) is 0 Å². The largest absolute Gasteiger partial charge is 0.282 e. The molecule has 0 aliphatic carbocycles. The van der Waals surface area contributed by atoms with Crippen LogP contribution >= 0.6 is 15.9 Å². The number of rotatable bonds is 4. The Morgan fingerprint density at radius 3 is 2.52 bits per heavy atom. The Kier molecular flexibility index (Phi) is 5.35. The molecule has 114 valence electrons. The van der Waals surface area contributed by atoms with Gasteiger partial charge in [0, 0.05) is 37.7 Å². The van der Waals surface area contributed by atoms with Crippen LogP contribution in [0.1, 0.15) is 11.6 Å². The number of nitriles is 1. The highest BCUT2D eigenvalue weighted by molar-refractivity contribution is 9.10. The zero-order chi connectivity index (χ0) is 15.5. The lowest BCUT2D eigenvalue weighted by Gasteiger charge is -2.36. The molecule has 1 N–H and O–H groups in total. The van der Waals surface area contributed by atoms with Gasteiger partial charge in [-0.15, -0.1) is 0 Å². The summed E-state index contributed by atoms with van der Waals surface area (Å²) >= 11 is 3.40. The molecular weight excluding hydrogens is 356 g/mol. The van der Waals surface area contributed by atoms with Crippen molar-refractivity contribution >= 4 is 26.1 Å². The van der Waals surface area contributed by atoms with Gasteiger partial charge in [-0.25, -0.2) is 4.72 Å². The van der Waals surface area contributed by atoms with E-state index in [4.69, 9.17) is 0 Å². The first-order chi connectivity index (χ1) is 9.97. The maximum atomic E-state index is 11.7. The molecule has 1 saturated heterocycles. The van der Waals surface area contributed by atoms with Gasteiger partial charge < -0.3 is 0 Å². The lowest BCUT2D eigenvalue weighted by atomic mass is 10.1. The second kappa shape index (κ2) is 6.85. The second-order valence-electron chi connectivity index (χ2n) is 4.73. The molecule has 1 aromatic rings. The predicted octanol–water partition coefficient (Wildman–Crippen LogP) is 1.10. The van der Waals surface area contributed by atoms with E-state index in [-0.39, 0.29) is 6.04 Å². The second-order valence-corrected chi connectivity index (χ2v) is 7.52. The SMILES string of the molecule is CNS(=O)(=O)N1CCN(C(C#N)c2cccc(Br)c2)CC1. The average molecular weight is 373 g/mol. The molecule has 1 atom stereocenters. The smallest absolute Gasteiger partial charge is 0.279 e. The first-order valence-electron chi connectivity index (χ1n) is 6.55. The summed E-state index contributed by atoms with van der Waals surface area (Å²) in [6.45, 7) is 1.84. The van der Waals surface area contributed by atoms with E-state index in [0.717, 1.165) is 10.0 Å². The van der Waals surface area contributed by atoms with Gasteiger partial charge in [0.15, 0.2) is 0 Å². The highest BCUT2D eigenvalue weighted by atomic mass is 79.9. The number of piperazine rings is 1. The molecule has 1 unspecified atom stereocenters. The molecule has 0 radical (unpaired) electrons. The van der Waals surface area contributed by atoms with Crippen molar-refractivity contribution in [3.63, 3.8) is 0 Å². The first kappa shape index (κ1) is 16.4. The molecule has 8 heteroatoms. The van der Waals surface area contributed by atoms with Crippen LogP contribution in [0.4, 0.5) is 0 Å². The number of nitrogens with zero attached hydrogens (tertiary/aromatic N) is 3. The molecule has 0 amide bonds. The minimum Gasteiger partial charge on any atom is -0.282 e. The molecule has 0 saturated carbocycles. The molecule has 1 aliphatic heterocycles. The van der Waals surface area contributed by atoms with E-state index in [2.05, 4.69) is 26.7 Å². The Balaban J connectivity index is 2.09. The van der Waals surface area contributed by atoms with Gasteiger partial charge >= 0.3 is 0 Å². The summed E-state index contributed by atoms with van der Waals surface area (Å²) in [6, 6.07) is 9.58. The van der Waals surface area contributed by atoms with Gasteiger partial charge in [0.2, 0.25) is 0 Å². The van der Waals surface area contributed by atoms with E-state index in [0.29, 0.717) is 26.2 Å². The Morgan fingerprint density at radius 1 is 1.33 bits per heavy atom. The third-order valence-corrected chi connectivity index (χ3v) is 5.58. The van der Waals surface area contributed by atoms with Gasteiger partial charge in [0.05, 0.1) is 6.07 Å². The van der Waals surface area contributed by atoms with Gasteiger partial charge in [-0.2, -0.15) is 18.0 Å². The fourth-order valence-electron chi connectivity index (χ4n) is 2.37. The molecule has 2 rings (SSSR count). The quantitative estimate of drug-likeness (QED) is 0.858. The monoisotopic (exact) mass is 372 g/mol. The molecule has 1 aliphatic rings. The maximum absolute atomic E-state index is 11.7. The van der Waals surface area contributed by atoms with Crippen molar-refractivity contribution in [3.8, 4) is 6.07 Å². The summed E-state index contributed by atoms with van der Waals surface area (Å²) in [7, 11) is -1.98. The van der Waals surface area contributed by atoms with Crippen LogP contribution in [0.2, 0.25) is 0 Å². The zero-order valence-electron chi connectivity index (χ0n) is 11.7. The van der Waals surface area contributed by atoms with Crippen LogP contribution in [0.15, 0.2) is 28.7 Å². The van der Waals surface area contributed by atoms with Gasteiger partial charge in [-0.1, -0.05) is 28.1 Å². The predicted molar refractivity (Wildman–Crippen MR) is 83.6 cm³/mol. The summed E-state index contributed by atoms with van der Waals surface area (Å²) < 4.78 is 28.1. The van der Waals surface area contributed by atoms with E-state index in [9.17, 15) is 13.7 Å². The number of benzene rings is 1. The molecule has 0 aromatic heterocycles. The Bertz CT molecular complexity index is 636. The third-order valence-electron chi connectivity index (χ3n) is 3.52.